The number of rotatable bonds is 10. The van der Waals surface area contributed by atoms with Crippen LogP contribution in [0, 0.1) is 0 Å². The first-order valence-corrected chi connectivity index (χ1v) is 12.6. The van der Waals surface area contributed by atoms with E-state index in [1.807, 2.05) is 12.1 Å². The smallest absolute Gasteiger partial charge is 0.335 e. The molecule has 0 aliphatic heterocycles. The number of carboxylic acids is 1. The quantitative estimate of drug-likeness (QED) is 0.361. The largest absolute Gasteiger partial charge is 0.478 e. The Kier molecular flexibility index (Phi) is 8.05. The van der Waals surface area contributed by atoms with E-state index in [1.165, 1.54) is 60.8 Å². The lowest BCUT2D eigenvalue weighted by Crippen LogP contribution is -2.33. The minimum Gasteiger partial charge on any atom is -0.478 e. The van der Waals surface area contributed by atoms with Gasteiger partial charge >= 0.3 is 5.97 Å². The Bertz CT molecular complexity index is 983. The number of carbonyl (C=O) groups is 1. The molecule has 1 aliphatic rings. The van der Waals surface area contributed by atoms with E-state index in [-0.39, 0.29) is 10.8 Å². The zero-order chi connectivity index (χ0) is 24.1. The summed E-state index contributed by atoms with van der Waals surface area (Å²) in [4.78, 5) is 11.1. The minimum absolute atomic E-state index is 0.188. The molecule has 0 bridgehead atoms. The van der Waals surface area contributed by atoms with Gasteiger partial charge in [-0.2, -0.15) is 0 Å². The second-order valence-corrected chi connectivity index (χ2v) is 10.8. The third-order valence-electron chi connectivity index (χ3n) is 7.29. The zero-order valence-corrected chi connectivity index (χ0v) is 21.1. The fourth-order valence-electron chi connectivity index (χ4n) is 4.86. The molecule has 0 radical (unpaired) electrons. The van der Waals surface area contributed by atoms with Gasteiger partial charge in [-0.1, -0.05) is 78.2 Å². The second kappa shape index (κ2) is 10.6. The molecule has 178 valence electrons. The number of unbranched alkanes of at least 4 members (excludes halogenated alkanes) is 4. The van der Waals surface area contributed by atoms with Crippen molar-refractivity contribution in [1.29, 1.82) is 0 Å². The minimum atomic E-state index is -0.895. The second-order valence-electron chi connectivity index (χ2n) is 10.8. The predicted molar refractivity (Wildman–Crippen MR) is 140 cm³/mol. The Morgan fingerprint density at radius 3 is 2.18 bits per heavy atom. The molecule has 0 spiro atoms. The van der Waals surface area contributed by atoms with Crippen LogP contribution in [-0.4, -0.2) is 17.6 Å². The highest BCUT2D eigenvalue weighted by molar-refractivity contribution is 5.88. The number of anilines is 1. The molecule has 0 fully saturated rings. The maximum Gasteiger partial charge on any atom is 0.335 e. The third kappa shape index (κ3) is 6.28. The molecule has 0 unspecified atom stereocenters. The third-order valence-corrected chi connectivity index (χ3v) is 7.29. The summed E-state index contributed by atoms with van der Waals surface area (Å²) < 4.78 is 0. The zero-order valence-electron chi connectivity index (χ0n) is 21.1. The number of aromatic carboxylic acids is 1. The Morgan fingerprint density at radius 2 is 1.55 bits per heavy atom. The van der Waals surface area contributed by atoms with Crippen LogP contribution in [0.15, 0.2) is 48.5 Å². The van der Waals surface area contributed by atoms with E-state index in [9.17, 15) is 4.79 Å². The van der Waals surface area contributed by atoms with Crippen LogP contribution in [0.1, 0.15) is 107 Å². The van der Waals surface area contributed by atoms with E-state index in [1.54, 1.807) is 12.1 Å². The number of allylic oxidation sites excluding steroid dienone is 1. The lowest BCUT2D eigenvalue weighted by atomic mass is 9.63. The summed E-state index contributed by atoms with van der Waals surface area (Å²) in [6.07, 6.45) is 10.9. The SMILES string of the molecule is CCCCCC/C=C(/CNc1ccc(C(=O)O)cc1)c1ccc2c(c1)C(C)(C)CCC2(C)C. The van der Waals surface area contributed by atoms with Crippen molar-refractivity contribution in [1.82, 2.24) is 0 Å². The van der Waals surface area contributed by atoms with Crippen molar-refractivity contribution in [3.05, 3.63) is 70.8 Å². The maximum atomic E-state index is 11.1. The van der Waals surface area contributed by atoms with Gasteiger partial charge < -0.3 is 10.4 Å². The molecular weight excluding hydrogens is 406 g/mol. The fourth-order valence-corrected chi connectivity index (χ4v) is 4.86. The van der Waals surface area contributed by atoms with E-state index in [2.05, 4.69) is 64.2 Å². The van der Waals surface area contributed by atoms with Crippen LogP contribution in [0.4, 0.5) is 5.69 Å². The van der Waals surface area contributed by atoms with Crippen LogP contribution in [0.2, 0.25) is 0 Å². The highest BCUT2D eigenvalue weighted by Crippen LogP contribution is 2.46. The molecule has 3 heteroatoms. The van der Waals surface area contributed by atoms with Crippen LogP contribution < -0.4 is 5.32 Å². The van der Waals surface area contributed by atoms with Gasteiger partial charge in [0, 0.05) is 12.2 Å². The molecule has 0 saturated heterocycles. The van der Waals surface area contributed by atoms with Gasteiger partial charge in [0.1, 0.15) is 0 Å². The topological polar surface area (TPSA) is 49.3 Å². The molecular formula is C30H41NO2. The molecule has 3 nitrogen and oxygen atoms in total. The van der Waals surface area contributed by atoms with E-state index in [0.29, 0.717) is 5.56 Å². The lowest BCUT2D eigenvalue weighted by molar-refractivity contribution is 0.0697. The van der Waals surface area contributed by atoms with E-state index < -0.39 is 5.97 Å². The summed E-state index contributed by atoms with van der Waals surface area (Å²) >= 11 is 0. The van der Waals surface area contributed by atoms with Gasteiger partial charge in [-0.05, 0) is 83.0 Å². The Morgan fingerprint density at radius 1 is 0.909 bits per heavy atom. The molecule has 0 heterocycles. The maximum absolute atomic E-state index is 11.1. The molecule has 2 aromatic rings. The highest BCUT2D eigenvalue weighted by atomic mass is 16.4. The van der Waals surface area contributed by atoms with Crippen molar-refractivity contribution in [3.63, 3.8) is 0 Å². The van der Waals surface area contributed by atoms with Crippen LogP contribution in [0.3, 0.4) is 0 Å². The predicted octanol–water partition coefficient (Wildman–Crippen LogP) is 8.20. The molecule has 0 saturated carbocycles. The van der Waals surface area contributed by atoms with Crippen molar-refractivity contribution in [2.45, 2.75) is 90.4 Å². The van der Waals surface area contributed by atoms with Gasteiger partial charge in [0.25, 0.3) is 0 Å². The average Bonchev–Trinajstić information content (AvgIpc) is 2.79. The Labute approximate surface area is 200 Å². The molecule has 33 heavy (non-hydrogen) atoms. The number of hydrogen-bond donors (Lipinski definition) is 2. The van der Waals surface area contributed by atoms with Crippen molar-refractivity contribution in [2.75, 3.05) is 11.9 Å². The summed E-state index contributed by atoms with van der Waals surface area (Å²) in [7, 11) is 0. The molecule has 0 atom stereocenters. The summed E-state index contributed by atoms with van der Waals surface area (Å²) in [5.41, 5.74) is 7.24. The van der Waals surface area contributed by atoms with Crippen LogP contribution >= 0.6 is 0 Å². The summed E-state index contributed by atoms with van der Waals surface area (Å²) in [5.74, 6) is -0.895. The summed E-state index contributed by atoms with van der Waals surface area (Å²) in [6.45, 7) is 12.5. The number of nitrogens with one attached hydrogen (secondary N) is 1. The first-order chi connectivity index (χ1) is 15.6. The monoisotopic (exact) mass is 447 g/mol. The van der Waals surface area contributed by atoms with E-state index >= 15 is 0 Å². The van der Waals surface area contributed by atoms with Gasteiger partial charge in [-0.3, -0.25) is 0 Å². The fraction of sp³-hybridized carbons (Fsp3) is 0.500. The van der Waals surface area contributed by atoms with E-state index in [4.69, 9.17) is 5.11 Å². The summed E-state index contributed by atoms with van der Waals surface area (Å²) in [5, 5.41) is 12.7. The van der Waals surface area contributed by atoms with Crippen LogP contribution in [-0.2, 0) is 10.8 Å². The van der Waals surface area contributed by atoms with Crippen molar-refractivity contribution in [3.8, 4) is 0 Å². The first-order valence-electron chi connectivity index (χ1n) is 12.6. The Hall–Kier alpha value is -2.55. The molecule has 0 aromatic heterocycles. The average molecular weight is 448 g/mol. The van der Waals surface area contributed by atoms with Gasteiger partial charge in [0.05, 0.1) is 5.56 Å². The molecule has 1 aliphatic carbocycles. The number of fused-ring (bicyclic) bond motifs is 1. The normalized spacial score (nSPS) is 16.8. The first kappa shape index (κ1) is 25.1. The van der Waals surface area contributed by atoms with Crippen molar-refractivity contribution < 1.29 is 9.90 Å². The summed E-state index contributed by atoms with van der Waals surface area (Å²) in [6, 6.07) is 14.1. The molecule has 2 aromatic carbocycles. The number of carboxylic acid groups (broad SMARTS) is 1. The van der Waals surface area contributed by atoms with Crippen LogP contribution in [0.25, 0.3) is 5.57 Å². The van der Waals surface area contributed by atoms with Gasteiger partial charge in [-0.15, -0.1) is 0 Å². The number of hydrogen-bond acceptors (Lipinski definition) is 2. The highest BCUT2D eigenvalue weighted by Gasteiger charge is 2.37. The molecule has 3 rings (SSSR count). The van der Waals surface area contributed by atoms with Crippen molar-refractivity contribution >= 4 is 17.2 Å². The standard InChI is InChI=1S/C30H41NO2/c1-6-7-8-9-10-11-24(21-31-25-15-12-22(13-16-25)28(32)33)23-14-17-26-27(20-23)30(4,5)19-18-29(26,2)3/h11-17,20,31H,6-10,18-19,21H2,1-5H3,(H,32,33)/b24-11-. The van der Waals surface area contributed by atoms with Gasteiger partial charge in [-0.25, -0.2) is 4.79 Å². The molecule has 0 amide bonds. The van der Waals surface area contributed by atoms with Gasteiger partial charge in [0.2, 0.25) is 0 Å². The van der Waals surface area contributed by atoms with Crippen LogP contribution in [0.5, 0.6) is 0 Å². The molecule has 2 N–H and O–H groups in total. The van der Waals surface area contributed by atoms with Gasteiger partial charge in [0.15, 0.2) is 0 Å². The Balaban J connectivity index is 1.86. The number of benzene rings is 2. The van der Waals surface area contributed by atoms with Crippen molar-refractivity contribution in [2.24, 2.45) is 0 Å². The van der Waals surface area contributed by atoms with E-state index in [0.717, 1.165) is 18.7 Å². The lowest BCUT2D eigenvalue weighted by Gasteiger charge is -2.42.